The Hall–Kier alpha value is -2.95. The third kappa shape index (κ3) is 2.53. The van der Waals surface area contributed by atoms with Gasteiger partial charge in [0.15, 0.2) is 0 Å². The number of aromatic nitrogens is 1. The van der Waals surface area contributed by atoms with Gasteiger partial charge in [0.05, 0.1) is 16.9 Å². The fraction of sp³-hybridized carbons (Fsp3) is 0. The summed E-state index contributed by atoms with van der Waals surface area (Å²) >= 11 is 0. The largest absolute Gasteiger partial charge is 0.397 e. The fourth-order valence-corrected chi connectivity index (χ4v) is 2.14. The van der Waals surface area contributed by atoms with Crippen LogP contribution >= 0.6 is 0 Å². The van der Waals surface area contributed by atoms with Gasteiger partial charge < -0.3 is 11.1 Å². The predicted octanol–water partition coefficient (Wildman–Crippen LogP) is 3.21. The lowest BCUT2D eigenvalue weighted by Crippen LogP contribution is -2.13. The first-order valence-corrected chi connectivity index (χ1v) is 6.35. The topological polar surface area (TPSA) is 68.0 Å². The standard InChI is InChI=1S/C16H12FN3O/c17-10-6-7-15(13(18)9-10)20-16(21)12-3-1-5-14-11(12)4-2-8-19-14/h1-9H,18H2,(H,20,21). The van der Waals surface area contributed by atoms with Crippen LogP contribution in [0.25, 0.3) is 10.9 Å². The van der Waals surface area contributed by atoms with Crippen molar-refractivity contribution in [3.63, 3.8) is 0 Å². The zero-order chi connectivity index (χ0) is 14.8. The van der Waals surface area contributed by atoms with Crippen molar-refractivity contribution >= 4 is 28.2 Å². The molecular weight excluding hydrogens is 269 g/mol. The van der Waals surface area contributed by atoms with Gasteiger partial charge in [0.1, 0.15) is 5.82 Å². The molecule has 1 amide bonds. The fourth-order valence-electron chi connectivity index (χ4n) is 2.14. The first kappa shape index (κ1) is 13.1. The third-order valence-electron chi connectivity index (χ3n) is 3.15. The number of carbonyl (C=O) groups is 1. The minimum absolute atomic E-state index is 0.182. The maximum absolute atomic E-state index is 13.0. The van der Waals surface area contributed by atoms with Gasteiger partial charge in [-0.15, -0.1) is 0 Å². The smallest absolute Gasteiger partial charge is 0.256 e. The molecule has 0 spiro atoms. The summed E-state index contributed by atoms with van der Waals surface area (Å²) < 4.78 is 13.0. The first-order valence-electron chi connectivity index (χ1n) is 6.35. The van der Waals surface area contributed by atoms with Crippen molar-refractivity contribution in [2.75, 3.05) is 11.1 Å². The Morgan fingerprint density at radius 1 is 1.14 bits per heavy atom. The molecule has 5 heteroatoms. The maximum atomic E-state index is 13.0. The van der Waals surface area contributed by atoms with E-state index in [1.165, 1.54) is 18.2 Å². The number of nitrogen functional groups attached to an aromatic ring is 1. The average Bonchev–Trinajstić information content (AvgIpc) is 2.49. The highest BCUT2D eigenvalue weighted by molar-refractivity contribution is 6.13. The zero-order valence-corrected chi connectivity index (χ0v) is 11.0. The van der Waals surface area contributed by atoms with E-state index in [9.17, 15) is 9.18 Å². The second-order valence-corrected chi connectivity index (χ2v) is 4.56. The summed E-state index contributed by atoms with van der Waals surface area (Å²) in [6.07, 6.45) is 1.67. The second kappa shape index (κ2) is 5.20. The SMILES string of the molecule is Nc1cc(F)ccc1NC(=O)c1cccc2ncccc12. The van der Waals surface area contributed by atoms with Gasteiger partial charge in [0, 0.05) is 17.1 Å². The molecule has 1 aromatic heterocycles. The van der Waals surface area contributed by atoms with E-state index in [4.69, 9.17) is 5.73 Å². The van der Waals surface area contributed by atoms with E-state index in [1.54, 1.807) is 24.4 Å². The molecule has 3 aromatic rings. The lowest BCUT2D eigenvalue weighted by molar-refractivity contribution is 0.102. The Bertz CT molecular complexity index is 827. The van der Waals surface area contributed by atoms with E-state index in [-0.39, 0.29) is 11.6 Å². The minimum atomic E-state index is -0.445. The van der Waals surface area contributed by atoms with Gasteiger partial charge >= 0.3 is 0 Å². The molecule has 104 valence electrons. The molecule has 0 aliphatic heterocycles. The molecule has 0 fully saturated rings. The number of rotatable bonds is 2. The average molecular weight is 281 g/mol. The number of anilines is 2. The second-order valence-electron chi connectivity index (χ2n) is 4.56. The Labute approximate surface area is 120 Å². The molecule has 2 aromatic carbocycles. The minimum Gasteiger partial charge on any atom is -0.397 e. The molecule has 0 saturated heterocycles. The van der Waals surface area contributed by atoms with E-state index < -0.39 is 5.82 Å². The van der Waals surface area contributed by atoms with Gasteiger partial charge in [-0.25, -0.2) is 4.39 Å². The van der Waals surface area contributed by atoms with Crippen LogP contribution in [-0.2, 0) is 0 Å². The van der Waals surface area contributed by atoms with Crippen LogP contribution in [0, 0.1) is 5.82 Å². The van der Waals surface area contributed by atoms with Crippen molar-refractivity contribution in [1.29, 1.82) is 0 Å². The van der Waals surface area contributed by atoms with Crippen LogP contribution in [0.15, 0.2) is 54.7 Å². The van der Waals surface area contributed by atoms with E-state index in [2.05, 4.69) is 10.3 Å². The summed E-state index contributed by atoms with van der Waals surface area (Å²) in [5.41, 5.74) is 7.48. The molecule has 0 bridgehead atoms. The summed E-state index contributed by atoms with van der Waals surface area (Å²) in [6, 6.07) is 12.7. The highest BCUT2D eigenvalue weighted by Gasteiger charge is 2.12. The summed E-state index contributed by atoms with van der Waals surface area (Å²) in [5.74, 6) is -0.758. The Morgan fingerprint density at radius 2 is 2.00 bits per heavy atom. The van der Waals surface area contributed by atoms with Crippen molar-refractivity contribution in [2.24, 2.45) is 0 Å². The van der Waals surface area contributed by atoms with Gasteiger partial charge in [0.2, 0.25) is 0 Å². The van der Waals surface area contributed by atoms with Gasteiger partial charge in [-0.2, -0.15) is 0 Å². The number of carbonyl (C=O) groups excluding carboxylic acids is 1. The van der Waals surface area contributed by atoms with E-state index in [0.717, 1.165) is 10.9 Å². The van der Waals surface area contributed by atoms with E-state index in [1.807, 2.05) is 12.1 Å². The number of amides is 1. The van der Waals surface area contributed by atoms with Crippen LogP contribution in [0.5, 0.6) is 0 Å². The highest BCUT2D eigenvalue weighted by atomic mass is 19.1. The molecule has 21 heavy (non-hydrogen) atoms. The number of halogens is 1. The summed E-state index contributed by atoms with van der Waals surface area (Å²) in [5, 5.41) is 3.44. The summed E-state index contributed by atoms with van der Waals surface area (Å²) in [7, 11) is 0. The van der Waals surface area contributed by atoms with Crippen molar-refractivity contribution in [3.05, 3.63) is 66.1 Å². The van der Waals surface area contributed by atoms with Crippen LogP contribution in [0.2, 0.25) is 0 Å². The quantitative estimate of drug-likeness (QED) is 0.709. The van der Waals surface area contributed by atoms with Gasteiger partial charge in [-0.1, -0.05) is 12.1 Å². The third-order valence-corrected chi connectivity index (χ3v) is 3.15. The van der Waals surface area contributed by atoms with E-state index >= 15 is 0 Å². The molecule has 3 rings (SSSR count). The lowest BCUT2D eigenvalue weighted by atomic mass is 10.1. The number of benzene rings is 2. The molecule has 0 aliphatic rings. The maximum Gasteiger partial charge on any atom is 0.256 e. The molecule has 1 heterocycles. The first-order chi connectivity index (χ1) is 10.1. The molecule has 0 unspecified atom stereocenters. The van der Waals surface area contributed by atoms with Crippen molar-refractivity contribution in [2.45, 2.75) is 0 Å². The molecular formula is C16H12FN3O. The zero-order valence-electron chi connectivity index (χ0n) is 11.0. The number of pyridine rings is 1. The number of hydrogen-bond acceptors (Lipinski definition) is 3. The molecule has 0 radical (unpaired) electrons. The van der Waals surface area contributed by atoms with Crippen LogP contribution in [0.1, 0.15) is 10.4 Å². The normalized spacial score (nSPS) is 10.5. The number of nitrogens with two attached hydrogens (primary N) is 1. The van der Waals surface area contributed by atoms with Gasteiger partial charge in [-0.3, -0.25) is 9.78 Å². The van der Waals surface area contributed by atoms with Gasteiger partial charge in [-0.05, 0) is 36.4 Å². The lowest BCUT2D eigenvalue weighted by Gasteiger charge is -2.09. The van der Waals surface area contributed by atoms with Gasteiger partial charge in [0.25, 0.3) is 5.91 Å². The summed E-state index contributed by atoms with van der Waals surface area (Å²) in [6.45, 7) is 0. The van der Waals surface area contributed by atoms with Crippen molar-refractivity contribution in [1.82, 2.24) is 4.98 Å². The number of nitrogens with one attached hydrogen (secondary N) is 1. The highest BCUT2D eigenvalue weighted by Crippen LogP contribution is 2.22. The predicted molar refractivity (Wildman–Crippen MR) is 80.5 cm³/mol. The van der Waals surface area contributed by atoms with Crippen molar-refractivity contribution < 1.29 is 9.18 Å². The Kier molecular flexibility index (Phi) is 3.23. The molecule has 4 nitrogen and oxygen atoms in total. The van der Waals surface area contributed by atoms with Crippen LogP contribution < -0.4 is 11.1 Å². The molecule has 0 aliphatic carbocycles. The molecule has 3 N–H and O–H groups in total. The number of nitrogens with zero attached hydrogens (tertiary/aromatic N) is 1. The van der Waals surface area contributed by atoms with Crippen LogP contribution in [0.4, 0.5) is 15.8 Å². The van der Waals surface area contributed by atoms with Crippen LogP contribution in [0.3, 0.4) is 0 Å². The van der Waals surface area contributed by atoms with Crippen molar-refractivity contribution in [3.8, 4) is 0 Å². The number of fused-ring (bicyclic) bond motifs is 1. The summed E-state index contributed by atoms with van der Waals surface area (Å²) in [4.78, 5) is 16.6. The van der Waals surface area contributed by atoms with Crippen LogP contribution in [-0.4, -0.2) is 10.9 Å². The molecule has 0 saturated carbocycles. The number of hydrogen-bond donors (Lipinski definition) is 2. The monoisotopic (exact) mass is 281 g/mol. The molecule has 0 atom stereocenters. The Balaban J connectivity index is 1.97. The van der Waals surface area contributed by atoms with E-state index in [0.29, 0.717) is 11.3 Å². The Morgan fingerprint density at radius 3 is 2.81 bits per heavy atom.